The first-order chi connectivity index (χ1) is 14.5. The number of amides is 1. The third-order valence-electron chi connectivity index (χ3n) is 5.63. The average molecular weight is 408 g/mol. The molecule has 6 nitrogen and oxygen atoms in total. The molecule has 30 heavy (non-hydrogen) atoms. The largest absolute Gasteiger partial charge is 0.373 e. The molecule has 0 spiro atoms. The summed E-state index contributed by atoms with van der Waals surface area (Å²) in [6.07, 6.45) is 7.13. The van der Waals surface area contributed by atoms with E-state index in [1.54, 1.807) is 43.0 Å². The molecule has 1 aromatic carbocycles. The molecule has 2 aromatic heterocycles. The van der Waals surface area contributed by atoms with Crippen molar-refractivity contribution in [3.63, 3.8) is 0 Å². The van der Waals surface area contributed by atoms with Crippen LogP contribution >= 0.6 is 0 Å². The van der Waals surface area contributed by atoms with Crippen LogP contribution in [0.4, 0.5) is 4.39 Å². The lowest BCUT2D eigenvalue weighted by Gasteiger charge is -2.27. The molecule has 7 heteroatoms. The van der Waals surface area contributed by atoms with Gasteiger partial charge >= 0.3 is 0 Å². The van der Waals surface area contributed by atoms with Crippen molar-refractivity contribution in [1.82, 2.24) is 20.1 Å². The number of aromatic nitrogens is 3. The van der Waals surface area contributed by atoms with Crippen molar-refractivity contribution in [2.45, 2.75) is 31.8 Å². The van der Waals surface area contributed by atoms with Gasteiger partial charge in [0.25, 0.3) is 0 Å². The number of pyridine rings is 1. The minimum Gasteiger partial charge on any atom is -0.373 e. The Balaban J connectivity index is 1.45. The van der Waals surface area contributed by atoms with Crippen LogP contribution in [0.1, 0.15) is 37.5 Å². The van der Waals surface area contributed by atoms with E-state index in [1.807, 2.05) is 12.1 Å². The molecule has 0 aliphatic carbocycles. The Kier molecular flexibility index (Phi) is 5.63. The normalized spacial score (nSPS) is 19.0. The first-order valence-electron chi connectivity index (χ1n) is 10.0. The number of carbonyl (C=O) groups excluding carboxylic acids is 1. The molecule has 2 atom stereocenters. The minimum atomic E-state index is -0.394. The Bertz CT molecular complexity index is 1020. The standard InChI is InChI=1S/C23H25FN4O2/c1-23(2,17-7-10-25-11-8-17)15-26-22(29)18-9-12-30-21(18)16-13-27-28(14-16)20-6-4-3-5-19(20)24/h3-8,10-11,13-14,18,21H,9,12,15H2,1-2H3,(H,26,29)/t18-,21+/m0/s1. The average Bonchev–Trinajstić information content (AvgIpc) is 3.42. The Morgan fingerprint density at radius 3 is 2.80 bits per heavy atom. The highest BCUT2D eigenvalue weighted by atomic mass is 19.1. The predicted molar refractivity (Wildman–Crippen MR) is 111 cm³/mol. The zero-order chi connectivity index (χ0) is 21.1. The summed E-state index contributed by atoms with van der Waals surface area (Å²) in [7, 11) is 0. The van der Waals surface area contributed by atoms with E-state index >= 15 is 0 Å². The molecule has 1 aliphatic heterocycles. The molecule has 3 aromatic rings. The van der Waals surface area contributed by atoms with Gasteiger partial charge in [-0.1, -0.05) is 26.0 Å². The van der Waals surface area contributed by atoms with Gasteiger partial charge in [-0.25, -0.2) is 9.07 Å². The Hall–Kier alpha value is -3.06. The van der Waals surface area contributed by atoms with Crippen LogP contribution in [-0.4, -0.2) is 33.8 Å². The third-order valence-corrected chi connectivity index (χ3v) is 5.63. The molecule has 4 rings (SSSR count). The van der Waals surface area contributed by atoms with Gasteiger partial charge in [-0.05, 0) is 36.2 Å². The van der Waals surface area contributed by atoms with Crippen LogP contribution in [0.25, 0.3) is 5.69 Å². The maximum atomic E-state index is 14.1. The number of para-hydroxylation sites is 1. The fraction of sp³-hybridized carbons (Fsp3) is 0.348. The molecule has 0 bridgehead atoms. The van der Waals surface area contributed by atoms with Crippen LogP contribution in [0.15, 0.2) is 61.2 Å². The van der Waals surface area contributed by atoms with Gasteiger partial charge in [0.15, 0.2) is 0 Å². The smallest absolute Gasteiger partial charge is 0.226 e. The van der Waals surface area contributed by atoms with Crippen molar-refractivity contribution in [2.75, 3.05) is 13.2 Å². The third kappa shape index (κ3) is 4.11. The molecule has 1 aliphatic rings. The van der Waals surface area contributed by atoms with E-state index in [9.17, 15) is 9.18 Å². The number of hydrogen-bond acceptors (Lipinski definition) is 4. The van der Waals surface area contributed by atoms with Crippen molar-refractivity contribution in [3.05, 3.63) is 78.1 Å². The van der Waals surface area contributed by atoms with Gasteiger partial charge in [-0.2, -0.15) is 5.10 Å². The number of carbonyl (C=O) groups is 1. The topological polar surface area (TPSA) is 69.0 Å². The van der Waals surface area contributed by atoms with Gasteiger partial charge in [0.1, 0.15) is 11.5 Å². The molecule has 0 radical (unpaired) electrons. The number of hydrogen-bond donors (Lipinski definition) is 1. The van der Waals surface area contributed by atoms with Crippen LogP contribution < -0.4 is 5.32 Å². The molecule has 156 valence electrons. The summed E-state index contributed by atoms with van der Waals surface area (Å²) >= 11 is 0. The number of ether oxygens (including phenoxy) is 1. The number of benzene rings is 1. The fourth-order valence-corrected chi connectivity index (χ4v) is 3.78. The van der Waals surface area contributed by atoms with Gasteiger partial charge in [0.2, 0.25) is 5.91 Å². The number of nitrogens with one attached hydrogen (secondary N) is 1. The van der Waals surface area contributed by atoms with Crippen molar-refractivity contribution in [2.24, 2.45) is 5.92 Å². The van der Waals surface area contributed by atoms with Crippen LogP contribution in [-0.2, 0) is 14.9 Å². The van der Waals surface area contributed by atoms with Gasteiger partial charge < -0.3 is 10.1 Å². The fourth-order valence-electron chi connectivity index (χ4n) is 3.78. The van der Waals surface area contributed by atoms with Gasteiger partial charge in [-0.15, -0.1) is 0 Å². The summed E-state index contributed by atoms with van der Waals surface area (Å²) in [5, 5.41) is 7.35. The van der Waals surface area contributed by atoms with Gasteiger partial charge in [-0.3, -0.25) is 9.78 Å². The molecule has 1 fully saturated rings. The van der Waals surface area contributed by atoms with Crippen molar-refractivity contribution in [1.29, 1.82) is 0 Å². The highest BCUT2D eigenvalue weighted by Gasteiger charge is 2.36. The summed E-state index contributed by atoms with van der Waals surface area (Å²) in [5.74, 6) is -0.707. The number of halogens is 1. The van der Waals surface area contributed by atoms with Crippen LogP contribution in [0.5, 0.6) is 0 Å². The first-order valence-corrected chi connectivity index (χ1v) is 10.0. The minimum absolute atomic E-state index is 0.0433. The Morgan fingerprint density at radius 2 is 2.03 bits per heavy atom. The number of nitrogens with zero attached hydrogens (tertiary/aromatic N) is 3. The number of rotatable bonds is 6. The molecule has 1 amide bonds. The van der Waals surface area contributed by atoms with E-state index < -0.39 is 6.10 Å². The molecule has 1 saturated heterocycles. The monoisotopic (exact) mass is 408 g/mol. The summed E-state index contributed by atoms with van der Waals surface area (Å²) in [4.78, 5) is 17.0. The van der Waals surface area contributed by atoms with E-state index in [1.165, 1.54) is 10.7 Å². The second-order valence-corrected chi connectivity index (χ2v) is 8.19. The van der Waals surface area contributed by atoms with Crippen molar-refractivity contribution >= 4 is 5.91 Å². The molecular weight excluding hydrogens is 383 g/mol. The zero-order valence-electron chi connectivity index (χ0n) is 17.1. The highest BCUT2D eigenvalue weighted by Crippen LogP contribution is 2.35. The second-order valence-electron chi connectivity index (χ2n) is 8.19. The zero-order valence-corrected chi connectivity index (χ0v) is 17.1. The summed E-state index contributed by atoms with van der Waals surface area (Å²) in [6, 6.07) is 10.4. The summed E-state index contributed by atoms with van der Waals surface area (Å²) in [6.45, 7) is 5.18. The van der Waals surface area contributed by atoms with E-state index in [0.29, 0.717) is 25.3 Å². The first kappa shape index (κ1) is 20.2. The lowest BCUT2D eigenvalue weighted by molar-refractivity contribution is -0.127. The predicted octanol–water partition coefficient (Wildman–Crippen LogP) is 3.58. The van der Waals surface area contributed by atoms with E-state index in [2.05, 4.69) is 29.2 Å². The van der Waals surface area contributed by atoms with Crippen LogP contribution in [0.3, 0.4) is 0 Å². The Morgan fingerprint density at radius 1 is 1.27 bits per heavy atom. The van der Waals surface area contributed by atoms with Crippen LogP contribution in [0.2, 0.25) is 0 Å². The molecule has 0 saturated carbocycles. The lowest BCUT2D eigenvalue weighted by Crippen LogP contribution is -2.40. The molecule has 0 unspecified atom stereocenters. The second kappa shape index (κ2) is 8.36. The van der Waals surface area contributed by atoms with Crippen LogP contribution in [0, 0.1) is 11.7 Å². The summed E-state index contributed by atoms with van der Waals surface area (Å²) in [5.41, 5.74) is 2.03. The quantitative estimate of drug-likeness (QED) is 0.677. The van der Waals surface area contributed by atoms with Gasteiger partial charge in [0.05, 0.1) is 18.2 Å². The molecule has 3 heterocycles. The lowest BCUT2D eigenvalue weighted by atomic mass is 9.85. The maximum Gasteiger partial charge on any atom is 0.226 e. The SMILES string of the molecule is CC(C)(CNC(=O)[C@H]1CCO[C@@H]1c1cnn(-c2ccccc2F)c1)c1ccncc1. The molecule has 1 N–H and O–H groups in total. The molecular formula is C23H25FN4O2. The van der Waals surface area contributed by atoms with Crippen molar-refractivity contribution < 1.29 is 13.9 Å². The van der Waals surface area contributed by atoms with E-state index in [4.69, 9.17) is 4.74 Å². The van der Waals surface area contributed by atoms with E-state index in [0.717, 1.165) is 11.1 Å². The highest BCUT2D eigenvalue weighted by molar-refractivity contribution is 5.79. The maximum absolute atomic E-state index is 14.1. The van der Waals surface area contributed by atoms with Gasteiger partial charge in [0, 0.05) is 42.7 Å². The summed E-state index contributed by atoms with van der Waals surface area (Å²) < 4.78 is 21.4. The Labute approximate surface area is 175 Å². The van der Waals surface area contributed by atoms with E-state index in [-0.39, 0.29) is 23.1 Å². The van der Waals surface area contributed by atoms with Crippen molar-refractivity contribution in [3.8, 4) is 5.69 Å².